The second-order valence-electron chi connectivity index (χ2n) is 3.54. The molecule has 17 heavy (non-hydrogen) atoms. The Morgan fingerprint density at radius 3 is 2.59 bits per heavy atom. The summed E-state index contributed by atoms with van der Waals surface area (Å²) in [4.78, 5) is 17.2. The van der Waals surface area contributed by atoms with Gasteiger partial charge in [-0.2, -0.15) is 0 Å². The van der Waals surface area contributed by atoms with E-state index in [2.05, 4.69) is 36.2 Å². The van der Waals surface area contributed by atoms with Gasteiger partial charge in [0, 0.05) is 10.5 Å². The van der Waals surface area contributed by atoms with Gasteiger partial charge in [-0.25, -0.2) is 4.98 Å². The Kier molecular flexibility index (Phi) is 3.97. The molecule has 1 aromatic carbocycles. The summed E-state index contributed by atoms with van der Waals surface area (Å²) in [7, 11) is 0. The third-order valence-electron chi connectivity index (χ3n) is 2.35. The molecule has 0 aliphatic heterocycles. The number of rotatable bonds is 4. The first-order chi connectivity index (χ1) is 8.24. The lowest BCUT2D eigenvalue weighted by Gasteiger charge is -1.99. The average molecular weight is 263 g/mol. The van der Waals surface area contributed by atoms with Gasteiger partial charge in [-0.1, -0.05) is 19.1 Å². The summed E-state index contributed by atoms with van der Waals surface area (Å²) < 4.78 is 0. The van der Waals surface area contributed by atoms with Gasteiger partial charge in [0.25, 0.3) is 0 Å². The number of aromatic nitrogens is 1. The fourth-order valence-corrected chi connectivity index (χ4v) is 3.05. The van der Waals surface area contributed by atoms with Crippen LogP contribution in [0.3, 0.4) is 0 Å². The van der Waals surface area contributed by atoms with Crippen molar-refractivity contribution in [2.24, 2.45) is 0 Å². The molecule has 0 N–H and O–H groups in total. The standard InChI is InChI=1S/C13H13NOS2/c1-3-16-11-6-4-10(5-7-11)13-14-9(2)12(8-15)17-13/h4-8H,3H2,1-2H3. The topological polar surface area (TPSA) is 30.0 Å². The van der Waals surface area contributed by atoms with Gasteiger partial charge < -0.3 is 0 Å². The van der Waals surface area contributed by atoms with Crippen LogP contribution >= 0.6 is 23.1 Å². The van der Waals surface area contributed by atoms with E-state index >= 15 is 0 Å². The van der Waals surface area contributed by atoms with Gasteiger partial charge in [0.2, 0.25) is 0 Å². The Hall–Kier alpha value is -1.13. The lowest BCUT2D eigenvalue weighted by Crippen LogP contribution is -1.79. The number of thiazole rings is 1. The fraction of sp³-hybridized carbons (Fsp3) is 0.231. The molecule has 2 rings (SSSR count). The number of aryl methyl sites for hydroxylation is 1. The number of hydrogen-bond acceptors (Lipinski definition) is 4. The van der Waals surface area contributed by atoms with E-state index in [9.17, 15) is 4.79 Å². The van der Waals surface area contributed by atoms with Crippen LogP contribution in [0.5, 0.6) is 0 Å². The van der Waals surface area contributed by atoms with Crippen LogP contribution < -0.4 is 0 Å². The van der Waals surface area contributed by atoms with Crippen molar-refractivity contribution in [1.82, 2.24) is 4.98 Å². The molecule has 0 aliphatic carbocycles. The minimum absolute atomic E-state index is 0.715. The Labute approximate surface area is 109 Å². The third kappa shape index (κ3) is 2.76. The second kappa shape index (κ2) is 5.47. The normalized spacial score (nSPS) is 10.5. The predicted octanol–water partition coefficient (Wildman–Crippen LogP) is 4.04. The number of nitrogens with zero attached hydrogens (tertiary/aromatic N) is 1. The molecule has 0 saturated carbocycles. The molecule has 0 radical (unpaired) electrons. The maximum atomic E-state index is 10.8. The van der Waals surface area contributed by atoms with Crippen molar-refractivity contribution < 1.29 is 4.79 Å². The first-order valence-corrected chi connectivity index (χ1v) is 7.20. The van der Waals surface area contributed by atoms with E-state index in [1.807, 2.05) is 18.7 Å². The zero-order valence-electron chi connectivity index (χ0n) is 9.77. The number of carbonyl (C=O) groups is 1. The van der Waals surface area contributed by atoms with Crippen LogP contribution in [-0.4, -0.2) is 17.0 Å². The second-order valence-corrected chi connectivity index (χ2v) is 5.91. The predicted molar refractivity (Wildman–Crippen MR) is 74.1 cm³/mol. The Balaban J connectivity index is 2.29. The van der Waals surface area contributed by atoms with Crippen molar-refractivity contribution in [3.8, 4) is 10.6 Å². The molecule has 0 saturated heterocycles. The summed E-state index contributed by atoms with van der Waals surface area (Å²) in [6.07, 6.45) is 0.873. The van der Waals surface area contributed by atoms with Crippen LogP contribution in [0.4, 0.5) is 0 Å². The van der Waals surface area contributed by atoms with E-state index in [0.717, 1.165) is 28.3 Å². The van der Waals surface area contributed by atoms with Crippen molar-refractivity contribution >= 4 is 29.4 Å². The minimum Gasteiger partial charge on any atom is -0.297 e. The smallest absolute Gasteiger partial charge is 0.161 e. The van der Waals surface area contributed by atoms with Crippen LogP contribution in [-0.2, 0) is 0 Å². The Morgan fingerprint density at radius 2 is 2.06 bits per heavy atom. The largest absolute Gasteiger partial charge is 0.297 e. The number of thioether (sulfide) groups is 1. The molecule has 0 spiro atoms. The highest BCUT2D eigenvalue weighted by Crippen LogP contribution is 2.28. The summed E-state index contributed by atoms with van der Waals surface area (Å²) in [6.45, 7) is 4.00. The van der Waals surface area contributed by atoms with Crippen LogP contribution in [0.15, 0.2) is 29.2 Å². The van der Waals surface area contributed by atoms with Gasteiger partial charge in [0.15, 0.2) is 6.29 Å². The minimum atomic E-state index is 0.715. The van der Waals surface area contributed by atoms with Gasteiger partial charge in [-0.05, 0) is 24.8 Å². The zero-order chi connectivity index (χ0) is 12.3. The summed E-state index contributed by atoms with van der Waals surface area (Å²) in [6, 6.07) is 8.32. The first-order valence-electron chi connectivity index (χ1n) is 5.40. The molecule has 2 nitrogen and oxygen atoms in total. The maximum absolute atomic E-state index is 10.8. The Morgan fingerprint density at radius 1 is 1.35 bits per heavy atom. The van der Waals surface area contributed by atoms with E-state index in [4.69, 9.17) is 0 Å². The third-order valence-corrected chi connectivity index (χ3v) is 4.38. The van der Waals surface area contributed by atoms with E-state index in [1.165, 1.54) is 16.2 Å². The molecule has 0 atom stereocenters. The molecule has 0 unspecified atom stereocenters. The molecule has 0 amide bonds. The van der Waals surface area contributed by atoms with Gasteiger partial charge >= 0.3 is 0 Å². The highest BCUT2D eigenvalue weighted by Gasteiger charge is 2.08. The van der Waals surface area contributed by atoms with Crippen LogP contribution in [0.2, 0.25) is 0 Å². The number of hydrogen-bond donors (Lipinski definition) is 0. The first kappa shape index (κ1) is 12.3. The summed E-state index contributed by atoms with van der Waals surface area (Å²) in [5, 5.41) is 0.914. The summed E-state index contributed by atoms with van der Waals surface area (Å²) in [5.74, 6) is 1.07. The molecular formula is C13H13NOS2. The quantitative estimate of drug-likeness (QED) is 0.616. The van der Waals surface area contributed by atoms with Gasteiger partial charge in [-0.15, -0.1) is 23.1 Å². The zero-order valence-corrected chi connectivity index (χ0v) is 11.4. The SMILES string of the molecule is CCSc1ccc(-c2nc(C)c(C=O)s2)cc1. The highest BCUT2D eigenvalue weighted by molar-refractivity contribution is 7.99. The number of carbonyl (C=O) groups excluding carboxylic acids is 1. The van der Waals surface area contributed by atoms with Crippen molar-refractivity contribution in [2.75, 3.05) is 5.75 Å². The van der Waals surface area contributed by atoms with E-state index in [0.29, 0.717) is 4.88 Å². The van der Waals surface area contributed by atoms with Crippen LogP contribution in [0, 0.1) is 6.92 Å². The lowest BCUT2D eigenvalue weighted by molar-refractivity contribution is 0.112. The molecular weight excluding hydrogens is 250 g/mol. The molecule has 0 bridgehead atoms. The molecule has 2 aromatic rings. The molecule has 1 aromatic heterocycles. The highest BCUT2D eigenvalue weighted by atomic mass is 32.2. The summed E-state index contributed by atoms with van der Waals surface area (Å²) in [5.41, 5.74) is 1.89. The van der Waals surface area contributed by atoms with Crippen LogP contribution in [0.25, 0.3) is 10.6 Å². The van der Waals surface area contributed by atoms with Crippen molar-refractivity contribution in [2.45, 2.75) is 18.7 Å². The number of aldehydes is 1. The van der Waals surface area contributed by atoms with Gasteiger partial charge in [0.05, 0.1) is 10.6 Å². The number of benzene rings is 1. The molecule has 88 valence electrons. The molecule has 4 heteroatoms. The van der Waals surface area contributed by atoms with E-state index in [-0.39, 0.29) is 0 Å². The monoisotopic (exact) mass is 263 g/mol. The Bertz CT molecular complexity index is 517. The van der Waals surface area contributed by atoms with Crippen LogP contribution in [0.1, 0.15) is 22.3 Å². The average Bonchev–Trinajstić information content (AvgIpc) is 2.72. The van der Waals surface area contributed by atoms with Gasteiger partial charge in [-0.3, -0.25) is 4.79 Å². The maximum Gasteiger partial charge on any atom is 0.161 e. The lowest BCUT2D eigenvalue weighted by atomic mass is 10.2. The summed E-state index contributed by atoms with van der Waals surface area (Å²) >= 11 is 3.26. The fourth-order valence-electron chi connectivity index (χ4n) is 1.50. The molecule has 0 aliphatic rings. The molecule has 0 fully saturated rings. The van der Waals surface area contributed by atoms with Crippen molar-refractivity contribution in [3.63, 3.8) is 0 Å². The van der Waals surface area contributed by atoms with E-state index < -0.39 is 0 Å². The molecule has 1 heterocycles. The van der Waals surface area contributed by atoms with Crippen molar-refractivity contribution in [3.05, 3.63) is 34.8 Å². The van der Waals surface area contributed by atoms with E-state index in [1.54, 1.807) is 0 Å². The van der Waals surface area contributed by atoms with Crippen molar-refractivity contribution in [1.29, 1.82) is 0 Å². The van der Waals surface area contributed by atoms with Gasteiger partial charge in [0.1, 0.15) is 5.01 Å².